The summed E-state index contributed by atoms with van der Waals surface area (Å²) < 4.78 is 1.61. The fourth-order valence-corrected chi connectivity index (χ4v) is 3.05. The Hall–Kier alpha value is -2.14. The molecule has 0 saturated carbocycles. The second kappa shape index (κ2) is 6.96. The van der Waals surface area contributed by atoms with E-state index in [4.69, 9.17) is 0 Å². The third kappa shape index (κ3) is 4.20. The van der Waals surface area contributed by atoms with Crippen LogP contribution in [0.5, 0.6) is 0 Å². The van der Waals surface area contributed by atoms with E-state index in [0.29, 0.717) is 5.92 Å². The highest BCUT2D eigenvalue weighted by Gasteiger charge is 2.22. The van der Waals surface area contributed by atoms with Gasteiger partial charge in [0.25, 0.3) is 5.56 Å². The van der Waals surface area contributed by atoms with Gasteiger partial charge in [0.1, 0.15) is 5.82 Å². The van der Waals surface area contributed by atoms with Crippen molar-refractivity contribution < 1.29 is 0 Å². The first kappa shape index (κ1) is 15.7. The van der Waals surface area contributed by atoms with Crippen LogP contribution in [-0.4, -0.2) is 34.1 Å². The maximum Gasteiger partial charge on any atom is 0.250 e. The number of hydrogen-bond donors (Lipinski definition) is 1. The molecule has 122 valence electrons. The molecule has 1 unspecified atom stereocenters. The fraction of sp³-hybridized carbons (Fsp3) is 0.444. The minimum atomic E-state index is 0.0606. The molecule has 0 spiro atoms. The quantitative estimate of drug-likeness (QED) is 0.918. The minimum Gasteiger partial charge on any atom is -0.370 e. The summed E-state index contributed by atoms with van der Waals surface area (Å²) >= 11 is 0. The van der Waals surface area contributed by atoms with Crippen LogP contribution in [0.3, 0.4) is 0 Å². The Morgan fingerprint density at radius 2 is 2.22 bits per heavy atom. The smallest absolute Gasteiger partial charge is 0.250 e. The van der Waals surface area contributed by atoms with E-state index in [2.05, 4.69) is 28.2 Å². The van der Waals surface area contributed by atoms with Crippen LogP contribution in [0, 0.1) is 12.8 Å². The summed E-state index contributed by atoms with van der Waals surface area (Å²) in [7, 11) is 1.78. The number of nitrogens with zero attached hydrogens (tertiary/aromatic N) is 3. The van der Waals surface area contributed by atoms with Crippen molar-refractivity contribution in [3.63, 3.8) is 0 Å². The van der Waals surface area contributed by atoms with Gasteiger partial charge in [-0.1, -0.05) is 0 Å². The summed E-state index contributed by atoms with van der Waals surface area (Å²) in [6.07, 6.45) is 4.87. The van der Waals surface area contributed by atoms with Gasteiger partial charge in [0.05, 0.1) is 0 Å². The average Bonchev–Trinajstić information content (AvgIpc) is 2.97. The van der Waals surface area contributed by atoms with E-state index in [1.54, 1.807) is 17.7 Å². The van der Waals surface area contributed by atoms with Crippen LogP contribution in [0.15, 0.2) is 41.5 Å². The minimum absolute atomic E-state index is 0.0606. The summed E-state index contributed by atoms with van der Waals surface area (Å²) in [5.74, 6) is 1.58. The lowest BCUT2D eigenvalue weighted by Gasteiger charge is -2.16. The second-order valence-electron chi connectivity index (χ2n) is 6.47. The molecular weight excluding hydrogens is 288 g/mol. The maximum atomic E-state index is 11.7. The number of rotatable bonds is 5. The first-order valence-corrected chi connectivity index (χ1v) is 8.14. The molecule has 1 atom stereocenters. The SMILES string of the molecule is Cc1ccnc(NCC2CCN(Cc3ccn(C)c(=O)c3)C2)c1. The van der Waals surface area contributed by atoms with Gasteiger partial charge in [-0.2, -0.15) is 0 Å². The average molecular weight is 312 g/mol. The zero-order valence-electron chi connectivity index (χ0n) is 13.8. The molecule has 0 amide bonds. The predicted molar refractivity (Wildman–Crippen MR) is 92.5 cm³/mol. The van der Waals surface area contributed by atoms with Crippen molar-refractivity contribution in [3.8, 4) is 0 Å². The highest BCUT2D eigenvalue weighted by molar-refractivity contribution is 5.36. The Morgan fingerprint density at radius 3 is 3.00 bits per heavy atom. The lowest BCUT2D eigenvalue weighted by Crippen LogP contribution is -2.24. The van der Waals surface area contributed by atoms with Crippen LogP contribution in [0.1, 0.15) is 17.5 Å². The first-order chi connectivity index (χ1) is 11.1. The third-order valence-corrected chi connectivity index (χ3v) is 4.43. The number of anilines is 1. The Labute approximate surface area is 137 Å². The van der Waals surface area contributed by atoms with Crippen molar-refractivity contribution in [2.24, 2.45) is 13.0 Å². The summed E-state index contributed by atoms with van der Waals surface area (Å²) in [4.78, 5) is 18.5. The molecule has 3 heterocycles. The number of aromatic nitrogens is 2. The van der Waals surface area contributed by atoms with E-state index in [0.717, 1.165) is 37.6 Å². The molecule has 1 N–H and O–H groups in total. The van der Waals surface area contributed by atoms with Crippen LogP contribution in [0.2, 0.25) is 0 Å². The molecule has 2 aromatic heterocycles. The number of aryl methyl sites for hydroxylation is 2. The van der Waals surface area contributed by atoms with Crippen molar-refractivity contribution in [2.75, 3.05) is 25.0 Å². The highest BCUT2D eigenvalue weighted by atomic mass is 16.1. The number of nitrogens with one attached hydrogen (secondary N) is 1. The Bertz CT molecular complexity index is 725. The second-order valence-corrected chi connectivity index (χ2v) is 6.47. The Balaban J connectivity index is 1.50. The molecular formula is C18H24N4O. The van der Waals surface area contributed by atoms with Gasteiger partial charge in [0.2, 0.25) is 0 Å². The molecule has 5 nitrogen and oxygen atoms in total. The molecule has 5 heteroatoms. The molecule has 1 saturated heterocycles. The largest absolute Gasteiger partial charge is 0.370 e. The number of hydrogen-bond acceptors (Lipinski definition) is 4. The molecule has 0 aliphatic carbocycles. The van der Waals surface area contributed by atoms with Gasteiger partial charge in [-0.15, -0.1) is 0 Å². The Morgan fingerprint density at radius 1 is 1.35 bits per heavy atom. The van der Waals surface area contributed by atoms with Crippen molar-refractivity contribution >= 4 is 5.82 Å². The summed E-state index contributed by atoms with van der Waals surface area (Å²) in [6.45, 7) is 6.03. The van der Waals surface area contributed by atoms with Gasteiger partial charge in [-0.05, 0) is 55.1 Å². The summed E-state index contributed by atoms with van der Waals surface area (Å²) in [5, 5.41) is 3.44. The summed E-state index contributed by atoms with van der Waals surface area (Å²) in [6, 6.07) is 7.85. The predicted octanol–water partition coefficient (Wildman–Crippen LogP) is 2.02. The monoisotopic (exact) mass is 312 g/mol. The Kier molecular flexibility index (Phi) is 4.76. The molecule has 1 aliphatic rings. The van der Waals surface area contributed by atoms with Gasteiger partial charge in [0.15, 0.2) is 0 Å². The zero-order valence-corrected chi connectivity index (χ0v) is 13.8. The zero-order chi connectivity index (χ0) is 16.2. The van der Waals surface area contributed by atoms with Gasteiger partial charge in [-0.3, -0.25) is 9.69 Å². The van der Waals surface area contributed by atoms with E-state index in [1.807, 2.05) is 24.5 Å². The molecule has 23 heavy (non-hydrogen) atoms. The molecule has 3 rings (SSSR count). The highest BCUT2D eigenvalue weighted by Crippen LogP contribution is 2.19. The number of pyridine rings is 2. The molecule has 2 aromatic rings. The molecule has 0 bridgehead atoms. The molecule has 0 radical (unpaired) electrons. The van der Waals surface area contributed by atoms with Crippen LogP contribution in [0.4, 0.5) is 5.82 Å². The van der Waals surface area contributed by atoms with Crippen molar-refractivity contribution in [1.29, 1.82) is 0 Å². The van der Waals surface area contributed by atoms with Crippen molar-refractivity contribution in [3.05, 3.63) is 58.1 Å². The van der Waals surface area contributed by atoms with Gasteiger partial charge < -0.3 is 9.88 Å². The maximum absolute atomic E-state index is 11.7. The third-order valence-electron chi connectivity index (χ3n) is 4.43. The van der Waals surface area contributed by atoms with Crippen LogP contribution in [-0.2, 0) is 13.6 Å². The first-order valence-electron chi connectivity index (χ1n) is 8.14. The fourth-order valence-electron chi connectivity index (χ4n) is 3.05. The molecule has 1 aliphatic heterocycles. The topological polar surface area (TPSA) is 50.2 Å². The van der Waals surface area contributed by atoms with Crippen molar-refractivity contribution in [2.45, 2.75) is 19.9 Å². The molecule has 1 fully saturated rings. The van der Waals surface area contributed by atoms with Gasteiger partial charge in [0, 0.05) is 45.1 Å². The normalized spacial score (nSPS) is 18.3. The van der Waals surface area contributed by atoms with Gasteiger partial charge >= 0.3 is 0 Å². The van der Waals surface area contributed by atoms with E-state index >= 15 is 0 Å². The van der Waals surface area contributed by atoms with E-state index in [-0.39, 0.29) is 5.56 Å². The van der Waals surface area contributed by atoms with Gasteiger partial charge in [-0.25, -0.2) is 4.98 Å². The van der Waals surface area contributed by atoms with Crippen LogP contribution in [0.25, 0.3) is 0 Å². The summed E-state index contributed by atoms with van der Waals surface area (Å²) in [5.41, 5.74) is 2.38. The van der Waals surface area contributed by atoms with E-state index in [1.165, 1.54) is 12.0 Å². The lowest BCUT2D eigenvalue weighted by atomic mass is 10.1. The lowest BCUT2D eigenvalue weighted by molar-refractivity contribution is 0.318. The van der Waals surface area contributed by atoms with E-state index < -0.39 is 0 Å². The molecule has 0 aromatic carbocycles. The standard InChI is InChI=1S/C18H24N4O/c1-14-3-6-19-17(9-14)20-11-16-5-8-22(13-16)12-15-4-7-21(2)18(23)10-15/h3-4,6-7,9-10,16H,5,8,11-13H2,1-2H3,(H,19,20). The van der Waals surface area contributed by atoms with Crippen LogP contribution < -0.4 is 10.9 Å². The number of likely N-dealkylation sites (tertiary alicyclic amines) is 1. The van der Waals surface area contributed by atoms with E-state index in [9.17, 15) is 4.79 Å². The van der Waals surface area contributed by atoms with Crippen LogP contribution >= 0.6 is 0 Å². The van der Waals surface area contributed by atoms with Crippen molar-refractivity contribution in [1.82, 2.24) is 14.5 Å².